The van der Waals surface area contributed by atoms with Crippen LogP contribution in [0.25, 0.3) is 77.2 Å². The van der Waals surface area contributed by atoms with E-state index in [1.165, 1.54) is 0 Å². The minimum atomic E-state index is 0.869. The second kappa shape index (κ2) is 9.07. The summed E-state index contributed by atoms with van der Waals surface area (Å²) < 4.78 is 10.9. The lowest BCUT2D eigenvalue weighted by Gasteiger charge is -2.08. The van der Waals surface area contributed by atoms with Crippen molar-refractivity contribution in [1.29, 1.82) is 0 Å². The largest absolute Gasteiger partial charge is 0.456 e. The van der Waals surface area contributed by atoms with Gasteiger partial charge in [0, 0.05) is 45.3 Å². The number of aromatic nitrogens is 4. The van der Waals surface area contributed by atoms with E-state index in [4.69, 9.17) is 14.4 Å². The van der Waals surface area contributed by atoms with E-state index >= 15 is 0 Å². The van der Waals surface area contributed by atoms with Gasteiger partial charge in [0.05, 0.1) is 33.1 Å². The normalized spacial score (nSPS) is 11.7. The number of nitrogens with zero attached hydrogens (tertiary/aromatic N) is 4. The first-order valence-corrected chi connectivity index (χ1v) is 14.0. The monoisotopic (exact) mass is 530 g/mol. The summed E-state index contributed by atoms with van der Waals surface area (Å²) in [6, 6.07) is 38.0. The van der Waals surface area contributed by atoms with E-state index in [0.29, 0.717) is 0 Å². The molecule has 0 amide bonds. The molecule has 0 N–H and O–H groups in total. The van der Waals surface area contributed by atoms with Crippen molar-refractivity contribution in [3.05, 3.63) is 122 Å². The summed E-state index contributed by atoms with van der Waals surface area (Å²) >= 11 is 0. The molecule has 5 heteroatoms. The number of rotatable bonds is 2. The molecule has 0 atom stereocenters. The minimum Gasteiger partial charge on any atom is -0.456 e. The van der Waals surface area contributed by atoms with Gasteiger partial charge in [-0.2, -0.15) is 0 Å². The zero-order valence-corrected chi connectivity index (χ0v) is 22.7. The molecule has 5 aromatic heterocycles. The van der Waals surface area contributed by atoms with Crippen LogP contribution in [0.5, 0.6) is 0 Å². The van der Waals surface area contributed by atoms with Gasteiger partial charge in [-0.15, -0.1) is 0 Å². The van der Waals surface area contributed by atoms with Crippen LogP contribution in [-0.4, -0.2) is 19.1 Å². The molecule has 0 aliphatic heterocycles. The van der Waals surface area contributed by atoms with Crippen LogP contribution in [0, 0.1) is 0 Å². The van der Waals surface area contributed by atoms with E-state index in [1.807, 2.05) is 38.4 Å². The molecule has 9 rings (SSSR count). The Morgan fingerprint density at radius 3 is 1.39 bits per heavy atom. The standard InChI is InChI=1S/C34H20N4O.C2H6/c1-3-9-27-23(7-1)33-29(11-5-17-35-33)37(27)21-13-15-31-25(19-21)26-20-22(14-16-32(26)39-31)38-28-10-4-2-8-24(28)34-30(38)12-6-18-36-34;1-2/h1-20H;1-2H3. The summed E-state index contributed by atoms with van der Waals surface area (Å²) in [7, 11) is 0. The molecule has 0 fully saturated rings. The molecular weight excluding hydrogens is 504 g/mol. The van der Waals surface area contributed by atoms with Gasteiger partial charge in [0.1, 0.15) is 11.2 Å². The zero-order chi connectivity index (χ0) is 27.5. The molecule has 5 heterocycles. The van der Waals surface area contributed by atoms with Crippen molar-refractivity contribution in [1.82, 2.24) is 19.1 Å². The van der Waals surface area contributed by atoms with Crippen molar-refractivity contribution in [3.63, 3.8) is 0 Å². The van der Waals surface area contributed by atoms with E-state index in [1.54, 1.807) is 0 Å². The third-order valence-corrected chi connectivity index (χ3v) is 7.81. The number of para-hydroxylation sites is 2. The topological polar surface area (TPSA) is 48.8 Å². The lowest BCUT2D eigenvalue weighted by Crippen LogP contribution is -1.94. The highest BCUT2D eigenvalue weighted by Gasteiger charge is 2.17. The van der Waals surface area contributed by atoms with Crippen LogP contribution in [-0.2, 0) is 0 Å². The third kappa shape index (κ3) is 3.36. The fourth-order valence-electron chi connectivity index (χ4n) is 6.15. The SMILES string of the molecule is CC.c1ccc2c(c1)c1ncccc1n2-c1ccc2oc3ccc(-n4c5ccccc5c5ncccc54)cc3c2c1. The van der Waals surface area contributed by atoms with Crippen molar-refractivity contribution >= 4 is 65.8 Å². The highest BCUT2D eigenvalue weighted by molar-refractivity contribution is 6.10. The number of pyridine rings is 2. The molecule has 0 aliphatic carbocycles. The quantitative estimate of drug-likeness (QED) is 0.224. The van der Waals surface area contributed by atoms with Crippen LogP contribution in [0.15, 0.2) is 126 Å². The first-order valence-electron chi connectivity index (χ1n) is 14.0. The van der Waals surface area contributed by atoms with Gasteiger partial charge in [0.15, 0.2) is 0 Å². The molecule has 41 heavy (non-hydrogen) atoms. The Hall–Kier alpha value is -5.42. The highest BCUT2D eigenvalue weighted by Crippen LogP contribution is 2.37. The molecule has 0 saturated heterocycles. The Labute approximate surface area is 235 Å². The molecule has 0 spiro atoms. The van der Waals surface area contributed by atoms with Crippen molar-refractivity contribution in [3.8, 4) is 11.4 Å². The average Bonchev–Trinajstić information content (AvgIpc) is 3.69. The summed E-state index contributed by atoms with van der Waals surface area (Å²) in [6.45, 7) is 4.00. The van der Waals surface area contributed by atoms with Crippen LogP contribution < -0.4 is 0 Å². The van der Waals surface area contributed by atoms with Crippen LogP contribution in [0.4, 0.5) is 0 Å². The molecule has 4 aromatic carbocycles. The van der Waals surface area contributed by atoms with Crippen molar-refractivity contribution in [2.24, 2.45) is 0 Å². The fourth-order valence-corrected chi connectivity index (χ4v) is 6.15. The van der Waals surface area contributed by atoms with E-state index in [2.05, 4.69) is 106 Å². The first-order chi connectivity index (χ1) is 20.3. The van der Waals surface area contributed by atoms with Crippen LogP contribution in [0.3, 0.4) is 0 Å². The number of furan rings is 1. The van der Waals surface area contributed by atoms with Gasteiger partial charge < -0.3 is 13.6 Å². The van der Waals surface area contributed by atoms with Crippen molar-refractivity contribution in [2.75, 3.05) is 0 Å². The predicted octanol–water partition coefficient (Wildman–Crippen LogP) is 9.60. The van der Waals surface area contributed by atoms with Gasteiger partial charge in [-0.3, -0.25) is 9.97 Å². The maximum atomic E-state index is 6.30. The van der Waals surface area contributed by atoms with Gasteiger partial charge in [-0.05, 0) is 72.8 Å². The zero-order valence-electron chi connectivity index (χ0n) is 22.7. The average molecular weight is 531 g/mol. The second-order valence-electron chi connectivity index (χ2n) is 9.91. The summed E-state index contributed by atoms with van der Waals surface area (Å²) in [6.07, 6.45) is 3.72. The van der Waals surface area contributed by atoms with E-state index in [-0.39, 0.29) is 0 Å². The van der Waals surface area contributed by atoms with Crippen LogP contribution >= 0.6 is 0 Å². The third-order valence-electron chi connectivity index (χ3n) is 7.81. The van der Waals surface area contributed by atoms with Crippen molar-refractivity contribution < 1.29 is 4.42 Å². The van der Waals surface area contributed by atoms with Crippen LogP contribution in [0.2, 0.25) is 0 Å². The molecule has 0 bridgehead atoms. The number of benzene rings is 4. The fraction of sp³-hybridized carbons (Fsp3) is 0.0556. The van der Waals surface area contributed by atoms with E-state index in [0.717, 1.165) is 77.2 Å². The maximum absolute atomic E-state index is 6.30. The minimum absolute atomic E-state index is 0.869. The van der Waals surface area contributed by atoms with Gasteiger partial charge in [-0.1, -0.05) is 50.2 Å². The lowest BCUT2D eigenvalue weighted by atomic mass is 10.1. The first kappa shape index (κ1) is 23.5. The van der Waals surface area contributed by atoms with Crippen molar-refractivity contribution in [2.45, 2.75) is 13.8 Å². The molecule has 0 radical (unpaired) electrons. The van der Waals surface area contributed by atoms with Gasteiger partial charge in [-0.25, -0.2) is 0 Å². The predicted molar refractivity (Wildman–Crippen MR) is 169 cm³/mol. The Morgan fingerprint density at radius 1 is 0.463 bits per heavy atom. The highest BCUT2D eigenvalue weighted by atomic mass is 16.3. The Bertz CT molecular complexity index is 2130. The maximum Gasteiger partial charge on any atom is 0.135 e. The number of hydrogen-bond donors (Lipinski definition) is 0. The van der Waals surface area contributed by atoms with Gasteiger partial charge in [0.25, 0.3) is 0 Å². The Morgan fingerprint density at radius 2 is 0.902 bits per heavy atom. The smallest absolute Gasteiger partial charge is 0.135 e. The summed E-state index contributed by atoms with van der Waals surface area (Å²) in [5, 5.41) is 4.45. The number of fused-ring (bicyclic) bond motifs is 9. The summed E-state index contributed by atoms with van der Waals surface area (Å²) in [5.74, 6) is 0. The Kier molecular flexibility index (Phi) is 5.19. The molecular formula is C36H26N4O. The van der Waals surface area contributed by atoms with Gasteiger partial charge >= 0.3 is 0 Å². The van der Waals surface area contributed by atoms with Gasteiger partial charge in [0.2, 0.25) is 0 Å². The van der Waals surface area contributed by atoms with Crippen LogP contribution in [0.1, 0.15) is 13.8 Å². The summed E-state index contributed by atoms with van der Waals surface area (Å²) in [5.41, 5.74) is 10.4. The second-order valence-corrected chi connectivity index (χ2v) is 9.91. The van der Waals surface area contributed by atoms with E-state index in [9.17, 15) is 0 Å². The summed E-state index contributed by atoms with van der Waals surface area (Å²) in [4.78, 5) is 9.40. The van der Waals surface area contributed by atoms with E-state index < -0.39 is 0 Å². The lowest BCUT2D eigenvalue weighted by molar-refractivity contribution is 0.669. The molecule has 9 aromatic rings. The molecule has 196 valence electrons. The molecule has 0 unspecified atom stereocenters. The molecule has 0 saturated carbocycles. The molecule has 5 nitrogen and oxygen atoms in total. The Balaban J connectivity index is 0.00000125. The number of hydrogen-bond acceptors (Lipinski definition) is 3. The molecule has 0 aliphatic rings.